The number of aryl methyl sites for hydroxylation is 1. The van der Waals surface area contributed by atoms with E-state index in [0.29, 0.717) is 29.2 Å². The van der Waals surface area contributed by atoms with Crippen LogP contribution in [0.15, 0.2) is 168 Å². The standard InChI is InChI=1S/C40H33N2O.C25H25N2.Ir/c1-23(2)28-10-8-11-29(24(3)4)38(28)42-36-15-7-6-14-35(36)41-40(42)32-13-9-12-31-34-21-27-18-17-26-20-25(5)16-19-30(26)33(27)22-37(34)43-39(31)32;1-17(2)20-13-10-14-21(18(3)4)24(20)27-23-16-9-8-15-22(23)26-25(27)19-11-6-5-7-12-19;/h6-12,14-24H,1-5H3;5-11,13-18H,1-4H3;/q2*-1;/i5D3;;. The van der Waals surface area contributed by atoms with Gasteiger partial charge in [0, 0.05) is 41.0 Å². The van der Waals surface area contributed by atoms with Crippen molar-refractivity contribution in [3.05, 3.63) is 204 Å². The Bertz CT molecular complexity index is 3990. The summed E-state index contributed by atoms with van der Waals surface area (Å²) in [4.78, 5) is 10.2. The summed E-state index contributed by atoms with van der Waals surface area (Å²) in [5, 5.41) is 5.99. The van der Waals surface area contributed by atoms with E-state index in [1.807, 2.05) is 42.5 Å². The van der Waals surface area contributed by atoms with Gasteiger partial charge in [-0.25, -0.2) is 0 Å². The number of rotatable bonds is 8. The van der Waals surface area contributed by atoms with Gasteiger partial charge in [0.1, 0.15) is 5.58 Å². The number of benzene rings is 9. The molecule has 71 heavy (non-hydrogen) atoms. The van der Waals surface area contributed by atoms with Crippen LogP contribution in [-0.4, -0.2) is 19.1 Å². The number of aromatic nitrogens is 4. The molecule has 9 aromatic carbocycles. The minimum absolute atomic E-state index is 0. The Kier molecular flexibility index (Phi) is 11.9. The van der Waals surface area contributed by atoms with Gasteiger partial charge in [-0.15, -0.1) is 54.1 Å². The summed E-state index contributed by atoms with van der Waals surface area (Å²) in [6, 6.07) is 62.7. The quantitative estimate of drug-likeness (QED) is 0.113. The summed E-state index contributed by atoms with van der Waals surface area (Å²) in [7, 11) is 0. The summed E-state index contributed by atoms with van der Waals surface area (Å²) in [6.07, 6.45) is 0. The van der Waals surface area contributed by atoms with E-state index in [0.717, 1.165) is 88.3 Å². The molecule has 0 fully saturated rings. The molecule has 0 N–H and O–H groups in total. The first-order chi connectivity index (χ1) is 35.2. The van der Waals surface area contributed by atoms with Gasteiger partial charge in [-0.2, -0.15) is 0 Å². The molecule has 1 radical (unpaired) electrons. The first kappa shape index (κ1) is 43.9. The second kappa shape index (κ2) is 19.2. The van der Waals surface area contributed by atoms with Gasteiger partial charge in [0.25, 0.3) is 0 Å². The van der Waals surface area contributed by atoms with Gasteiger partial charge < -0.3 is 13.6 Å². The zero-order chi connectivity index (χ0) is 50.9. The van der Waals surface area contributed by atoms with Gasteiger partial charge >= 0.3 is 0 Å². The van der Waals surface area contributed by atoms with Crippen molar-refractivity contribution in [2.75, 3.05) is 0 Å². The number of fused-ring (bicyclic) bond motifs is 8. The van der Waals surface area contributed by atoms with E-state index in [9.17, 15) is 0 Å². The summed E-state index contributed by atoms with van der Waals surface area (Å²) in [5.74, 6) is 3.22. The van der Waals surface area contributed by atoms with Crippen molar-refractivity contribution in [1.29, 1.82) is 0 Å². The van der Waals surface area contributed by atoms with Crippen LogP contribution in [0.3, 0.4) is 0 Å². The second-order valence-corrected chi connectivity index (χ2v) is 19.8. The molecule has 3 aromatic heterocycles. The van der Waals surface area contributed by atoms with Crippen molar-refractivity contribution in [1.82, 2.24) is 19.1 Å². The van der Waals surface area contributed by atoms with Crippen molar-refractivity contribution >= 4 is 65.6 Å². The van der Waals surface area contributed by atoms with E-state index < -0.39 is 6.85 Å². The normalized spacial score (nSPS) is 12.6. The second-order valence-electron chi connectivity index (χ2n) is 19.8. The molecule has 0 spiro atoms. The Morgan fingerprint density at radius 3 is 1.59 bits per heavy atom. The molecule has 355 valence electrons. The number of hydrogen-bond donors (Lipinski definition) is 0. The number of hydrogen-bond acceptors (Lipinski definition) is 3. The maximum atomic E-state index is 7.85. The number of imidazole rings is 2. The molecule has 0 atom stereocenters. The summed E-state index contributed by atoms with van der Waals surface area (Å²) < 4.78 is 34.9. The minimum atomic E-state index is -2.15. The van der Waals surface area contributed by atoms with Gasteiger partial charge in [0.2, 0.25) is 0 Å². The fraction of sp³-hybridized carbons (Fsp3) is 0.200. The molecule has 0 saturated heterocycles. The molecule has 0 bridgehead atoms. The van der Waals surface area contributed by atoms with E-state index in [1.54, 1.807) is 12.1 Å². The molecule has 0 aliphatic heterocycles. The zero-order valence-corrected chi connectivity index (χ0v) is 43.8. The summed E-state index contributed by atoms with van der Waals surface area (Å²) >= 11 is 0. The van der Waals surface area contributed by atoms with E-state index >= 15 is 0 Å². The minimum Gasteiger partial charge on any atom is -0.501 e. The van der Waals surface area contributed by atoms with Crippen molar-refractivity contribution < 1.29 is 28.6 Å². The topological polar surface area (TPSA) is 48.8 Å². The first-order valence-electron chi connectivity index (χ1n) is 26.1. The maximum Gasteiger partial charge on any atom is 0.121 e. The molecule has 0 aliphatic carbocycles. The molecular formula is C65H58IrN4O-2. The number of furan rings is 1. The Hall–Kier alpha value is -7.11. The smallest absolute Gasteiger partial charge is 0.121 e. The Morgan fingerprint density at radius 1 is 0.479 bits per heavy atom. The van der Waals surface area contributed by atoms with Gasteiger partial charge in [0.15, 0.2) is 0 Å². The van der Waals surface area contributed by atoms with E-state index in [-0.39, 0.29) is 20.1 Å². The van der Waals surface area contributed by atoms with Crippen molar-refractivity contribution in [2.45, 2.75) is 85.9 Å². The van der Waals surface area contributed by atoms with Crippen LogP contribution in [0.5, 0.6) is 0 Å². The number of nitrogens with zero attached hydrogens (tertiary/aromatic N) is 4. The van der Waals surface area contributed by atoms with Crippen molar-refractivity contribution in [2.24, 2.45) is 0 Å². The van der Waals surface area contributed by atoms with Crippen LogP contribution >= 0.6 is 0 Å². The SMILES string of the molecule is CC(C)c1cccc(C(C)C)c1-n1c(-c2[c-]cccc2)nc2ccccc21.[2H]C([2H])([2H])c1ccc2c(ccc3cc4c(cc32)oc2c(-c3nc5ccccc5n3-c3c(C(C)C)cccc3C(C)C)[c-]ccc24)c1.[Ir]. The summed E-state index contributed by atoms with van der Waals surface area (Å²) in [5.41, 5.74) is 15.5. The third-order valence-corrected chi connectivity index (χ3v) is 13.8. The predicted octanol–water partition coefficient (Wildman–Crippen LogP) is 18.0. The van der Waals surface area contributed by atoms with Crippen LogP contribution < -0.4 is 0 Å². The van der Waals surface area contributed by atoms with Crippen LogP contribution in [0, 0.1) is 19.0 Å². The molecular weight excluding hydrogens is 1040 g/mol. The molecule has 0 saturated carbocycles. The Balaban J connectivity index is 0.000000191. The van der Waals surface area contributed by atoms with Gasteiger partial charge in [0.05, 0.1) is 39.3 Å². The average Bonchev–Trinajstić information content (AvgIpc) is 4.09. The van der Waals surface area contributed by atoms with Crippen LogP contribution in [0.4, 0.5) is 0 Å². The fourth-order valence-electron chi connectivity index (χ4n) is 10.4. The predicted molar refractivity (Wildman–Crippen MR) is 294 cm³/mol. The molecule has 12 rings (SSSR count). The van der Waals surface area contributed by atoms with Crippen LogP contribution in [0.2, 0.25) is 0 Å². The van der Waals surface area contributed by atoms with Gasteiger partial charge in [-0.1, -0.05) is 163 Å². The largest absolute Gasteiger partial charge is 0.501 e. The van der Waals surface area contributed by atoms with E-state index in [1.165, 1.54) is 33.6 Å². The molecule has 12 aromatic rings. The third kappa shape index (κ3) is 8.37. The molecule has 0 aliphatic rings. The van der Waals surface area contributed by atoms with Crippen LogP contribution in [0.1, 0.15) is 111 Å². The fourth-order valence-corrected chi connectivity index (χ4v) is 10.4. The monoisotopic (exact) mass is 1110 g/mol. The van der Waals surface area contributed by atoms with Crippen molar-refractivity contribution in [3.8, 4) is 34.2 Å². The van der Waals surface area contributed by atoms with E-state index in [2.05, 4.69) is 186 Å². The molecule has 5 nitrogen and oxygen atoms in total. The zero-order valence-electron chi connectivity index (χ0n) is 44.4. The number of para-hydroxylation sites is 6. The third-order valence-electron chi connectivity index (χ3n) is 13.8. The van der Waals surface area contributed by atoms with E-state index in [4.69, 9.17) is 18.5 Å². The Labute approximate surface area is 434 Å². The average molecular weight is 1110 g/mol. The summed E-state index contributed by atoms with van der Waals surface area (Å²) in [6.45, 7) is 15.9. The van der Waals surface area contributed by atoms with Crippen LogP contribution in [-0.2, 0) is 20.1 Å². The van der Waals surface area contributed by atoms with Crippen molar-refractivity contribution in [3.63, 3.8) is 0 Å². The van der Waals surface area contributed by atoms with Gasteiger partial charge in [-0.05, 0) is 111 Å². The maximum absolute atomic E-state index is 7.85. The Morgan fingerprint density at radius 2 is 1.03 bits per heavy atom. The van der Waals surface area contributed by atoms with Gasteiger partial charge in [-0.3, -0.25) is 9.97 Å². The first-order valence-corrected chi connectivity index (χ1v) is 24.6. The molecule has 6 heteroatoms. The van der Waals surface area contributed by atoms with Crippen LogP contribution in [0.25, 0.3) is 99.7 Å². The molecule has 0 amide bonds. The molecule has 3 heterocycles. The molecule has 0 unspecified atom stereocenters.